The molecule has 8 aliphatic heterocycles. The minimum atomic E-state index is -0.231. The number of aryl methyl sites for hydroxylation is 2. The fourth-order valence-electron chi connectivity index (χ4n) is 18.6. The number of nitrogens with zero attached hydrogens (tertiary/aromatic N) is 4. The van der Waals surface area contributed by atoms with Gasteiger partial charge in [0.05, 0.1) is 22.3 Å². The van der Waals surface area contributed by atoms with Gasteiger partial charge in [-0.25, -0.2) is 0 Å². The van der Waals surface area contributed by atoms with Crippen LogP contribution >= 0.6 is 0 Å². The highest BCUT2D eigenvalue weighted by atomic mass is 16.5. The second kappa shape index (κ2) is 36.0. The second-order valence-corrected chi connectivity index (χ2v) is 35.7. The van der Waals surface area contributed by atoms with E-state index < -0.39 is 0 Å². The number of benzene rings is 8. The van der Waals surface area contributed by atoms with E-state index in [1.165, 1.54) is 65.1 Å². The van der Waals surface area contributed by atoms with E-state index in [0.717, 1.165) is 66.8 Å². The first-order valence-corrected chi connectivity index (χ1v) is 43.7. The summed E-state index contributed by atoms with van der Waals surface area (Å²) in [6, 6.07) is 53.4. The minimum Gasteiger partial charge on any atom is -0.462 e. The molecule has 0 aromatic heterocycles. The molecule has 648 valence electrons. The molecule has 129 heavy (non-hydrogen) atoms. The van der Waals surface area contributed by atoms with E-state index in [1.807, 2.05) is 151 Å². The lowest BCUT2D eigenvalue weighted by atomic mass is 9.69. The summed E-state index contributed by atoms with van der Waals surface area (Å²) < 4.78 is 23.5. The van der Waals surface area contributed by atoms with Gasteiger partial charge in [-0.15, -0.1) is 0 Å². The van der Waals surface area contributed by atoms with Gasteiger partial charge in [-0.05, 0) is 265 Å². The summed E-state index contributed by atoms with van der Waals surface area (Å²) in [6.45, 7) is 21.3. The number of Topliss-reactive ketones (excluding diaryl/α,β-unsaturated/α-hetero) is 8. The Morgan fingerprint density at radius 3 is 0.814 bits per heavy atom. The summed E-state index contributed by atoms with van der Waals surface area (Å²) in [5, 5.41) is 0. The molecule has 0 atom stereocenters. The predicted molar refractivity (Wildman–Crippen MR) is 514 cm³/mol. The monoisotopic (exact) mass is 1710 g/mol. The van der Waals surface area contributed by atoms with Crippen LogP contribution in [0.25, 0.3) is 24.3 Å². The zero-order valence-corrected chi connectivity index (χ0v) is 74.2. The molecule has 8 aromatic rings. The van der Waals surface area contributed by atoms with Crippen LogP contribution in [0.2, 0.25) is 0 Å². The summed E-state index contributed by atoms with van der Waals surface area (Å²) in [7, 11) is 8.00. The Bertz CT molecular complexity index is 6280. The number of ether oxygens (including phenoxy) is 4. The van der Waals surface area contributed by atoms with Crippen molar-refractivity contribution < 1.29 is 57.3 Å². The largest absolute Gasteiger partial charge is 0.462 e. The number of allylic oxidation sites excluding steroid dienone is 24. The van der Waals surface area contributed by atoms with Crippen molar-refractivity contribution in [3.05, 3.63) is 422 Å². The third kappa shape index (κ3) is 17.8. The maximum Gasteiger partial charge on any atom is 0.198 e. The van der Waals surface area contributed by atoms with Crippen LogP contribution in [0.15, 0.2) is 333 Å². The summed E-state index contributed by atoms with van der Waals surface area (Å²) >= 11 is 0. The first kappa shape index (κ1) is 87.8. The molecule has 16 nitrogen and oxygen atoms in total. The quantitative estimate of drug-likeness (QED) is 0.0928. The zero-order chi connectivity index (χ0) is 89.7. The molecule has 4 aliphatic carbocycles. The van der Waals surface area contributed by atoms with Gasteiger partial charge in [-0.2, -0.15) is 0 Å². The lowest BCUT2D eigenvalue weighted by Gasteiger charge is -2.48. The Morgan fingerprint density at radius 2 is 0.550 bits per heavy atom. The number of rotatable bonds is 10. The van der Waals surface area contributed by atoms with E-state index in [9.17, 15) is 38.4 Å². The number of hydrogen-bond acceptors (Lipinski definition) is 16. The first-order valence-electron chi connectivity index (χ1n) is 43.7. The average molecular weight is 1710 g/mol. The Labute approximate surface area is 754 Å². The highest BCUT2D eigenvalue weighted by Gasteiger charge is 2.43. The molecule has 0 bridgehead atoms. The van der Waals surface area contributed by atoms with Crippen molar-refractivity contribution in [2.45, 2.75) is 112 Å². The Morgan fingerprint density at radius 1 is 0.302 bits per heavy atom. The molecule has 0 N–H and O–H groups in total. The maximum absolute atomic E-state index is 13.1. The molecule has 20 rings (SSSR count). The molecule has 12 aliphatic rings. The van der Waals surface area contributed by atoms with Crippen LogP contribution in [-0.2, 0) is 42.6 Å². The number of hydrogen-bond donors (Lipinski definition) is 0. The molecule has 0 amide bonds. The highest BCUT2D eigenvalue weighted by molar-refractivity contribution is 6.42. The van der Waals surface area contributed by atoms with Crippen molar-refractivity contribution in [1.82, 2.24) is 0 Å². The van der Waals surface area contributed by atoms with Crippen LogP contribution in [0.4, 0.5) is 22.7 Å². The van der Waals surface area contributed by atoms with Crippen LogP contribution in [0.5, 0.6) is 0 Å². The van der Waals surface area contributed by atoms with Gasteiger partial charge in [0.2, 0.25) is 0 Å². The van der Waals surface area contributed by atoms with E-state index in [2.05, 4.69) is 73.9 Å². The number of carbonyl (C=O) groups is 8. The number of fused-ring (bicyclic) bond motifs is 4. The van der Waals surface area contributed by atoms with Crippen molar-refractivity contribution in [3.63, 3.8) is 0 Å². The van der Waals surface area contributed by atoms with Gasteiger partial charge in [-0.3, -0.25) is 38.4 Å². The molecule has 0 unspecified atom stereocenters. The molecular weight excluding hydrogens is 1610 g/mol. The van der Waals surface area contributed by atoms with Crippen molar-refractivity contribution in [1.29, 1.82) is 0 Å². The molecule has 0 spiro atoms. The van der Waals surface area contributed by atoms with Gasteiger partial charge in [0.15, 0.2) is 46.3 Å². The third-order valence-electron chi connectivity index (χ3n) is 25.2. The van der Waals surface area contributed by atoms with Crippen LogP contribution < -0.4 is 19.6 Å². The van der Waals surface area contributed by atoms with Crippen molar-refractivity contribution in [2.75, 3.05) is 74.0 Å². The molecule has 0 saturated heterocycles. The molecule has 0 radical (unpaired) electrons. The Kier molecular flexibility index (Phi) is 24.5. The van der Waals surface area contributed by atoms with E-state index in [4.69, 9.17) is 18.9 Å². The molecule has 16 heteroatoms. The van der Waals surface area contributed by atoms with Crippen LogP contribution in [0.1, 0.15) is 216 Å². The number of carbonyl (C=O) groups excluding carboxylic acids is 8. The molecule has 8 aromatic carbocycles. The summed E-state index contributed by atoms with van der Waals surface area (Å²) in [4.78, 5) is 112. The third-order valence-corrected chi connectivity index (χ3v) is 25.2. The smallest absolute Gasteiger partial charge is 0.198 e. The number of anilines is 4. The fourth-order valence-corrected chi connectivity index (χ4v) is 18.6. The van der Waals surface area contributed by atoms with Gasteiger partial charge >= 0.3 is 0 Å². The van der Waals surface area contributed by atoms with E-state index in [0.29, 0.717) is 113 Å². The summed E-state index contributed by atoms with van der Waals surface area (Å²) in [6.07, 6.45) is 36.7. The number of ketones is 8. The topological polar surface area (TPSA) is 186 Å². The lowest BCUT2D eigenvalue weighted by molar-refractivity contribution is 0.0972. The summed E-state index contributed by atoms with van der Waals surface area (Å²) in [5.41, 5.74) is 22.4. The average Bonchev–Trinajstić information content (AvgIpc) is 1.71. The Balaban J connectivity index is 0.000000126. The van der Waals surface area contributed by atoms with Crippen LogP contribution in [-0.4, -0.2) is 101 Å². The fraction of sp³-hybridized carbons (Fsp3) is 0.221. The van der Waals surface area contributed by atoms with Gasteiger partial charge in [0.1, 0.15) is 46.1 Å². The molecular formula is C113H104N4O12. The minimum absolute atomic E-state index is 0. The van der Waals surface area contributed by atoms with E-state index in [1.54, 1.807) is 146 Å². The van der Waals surface area contributed by atoms with Crippen molar-refractivity contribution >= 4 is 93.3 Å². The van der Waals surface area contributed by atoms with Crippen LogP contribution in [0, 0.1) is 0 Å². The zero-order valence-electron chi connectivity index (χ0n) is 74.2. The van der Waals surface area contributed by atoms with Crippen LogP contribution in [0.3, 0.4) is 0 Å². The van der Waals surface area contributed by atoms with E-state index in [-0.39, 0.29) is 86.8 Å². The van der Waals surface area contributed by atoms with Crippen molar-refractivity contribution in [2.24, 2.45) is 0 Å². The SMILES string of the molecule is C.CC1=CC(=C2C(=O)c3ccccc3C2=O)C=C(C=Cc2cc3c4c(c2)C(C)(C)CCN4CCC3(C)C)O1.CC1=CC(=C2C(=O)c3ccccc3C2=O)C=C(C=Cc2cc3c4c(c2)CCCN4CCC3)O1.CC1=CC(=C2C(=O)c3ccccc3C2=O)C=C(C=Cc2ccc(N(C)C)cc2)O1.CC1=CC(=C2C(=O)c3ccccc3C2=O)C=C(C=Cc2ccc(N(C)C)cc2)O1. The predicted octanol–water partition coefficient (Wildman–Crippen LogP) is 23.2. The first-order chi connectivity index (χ1) is 61.5. The molecule has 8 heterocycles. The molecule has 0 fully saturated rings. The molecule has 0 saturated carbocycles. The van der Waals surface area contributed by atoms with Gasteiger partial charge in [0.25, 0.3) is 0 Å². The Hall–Kier alpha value is -14.6. The van der Waals surface area contributed by atoms with Gasteiger partial charge in [-0.1, -0.05) is 181 Å². The standard InChI is InChI=1S/C33H33NO3.C29H25NO3.2C25H21NO3.CH4/c1-20-16-22(28-30(35)24-8-6-7-9-25(24)31(28)36)19-23(37-20)11-10-21-17-26-29-27(18-21)33(4,5)13-15-34(29)14-12-32(26,2)3;1-18-14-22(26-28(31)24-8-2-3-9-25(24)29(26)32)17-23(33-18)11-10-19-15-20-6-4-12-30-13-5-7-21(16-19)27(20)30;2*1-16-14-18(23-24(27)21-6-4-5-7-22(21)25(23)28)15-20(29-16)13-10-17-8-11-19(12-9-17)26(2)3;/h6-11,16-19H,12-15H2,1-5H3;2-3,8-11,14-17H,4-7,12-13H2,1H3;2*4-15H,1-3H3;1H4. The van der Waals surface area contributed by atoms with Gasteiger partial charge in [0, 0.05) is 122 Å². The van der Waals surface area contributed by atoms with Gasteiger partial charge < -0.3 is 38.5 Å². The van der Waals surface area contributed by atoms with Crippen molar-refractivity contribution in [3.8, 4) is 0 Å². The maximum atomic E-state index is 13.1. The normalized spacial score (nSPS) is 18.3. The second-order valence-electron chi connectivity index (χ2n) is 35.7. The lowest BCUT2D eigenvalue weighted by Crippen LogP contribution is -2.44. The summed E-state index contributed by atoms with van der Waals surface area (Å²) in [5.74, 6) is 3.20. The highest BCUT2D eigenvalue weighted by Crippen LogP contribution is 2.50. The van der Waals surface area contributed by atoms with E-state index >= 15 is 0 Å².